The Morgan fingerprint density at radius 3 is 2.39 bits per heavy atom. The van der Waals surface area contributed by atoms with E-state index in [1.807, 2.05) is 0 Å². The number of nitrogens with two attached hydrogens (primary N) is 1. The summed E-state index contributed by atoms with van der Waals surface area (Å²) in [5.74, 6) is -2.17. The fourth-order valence-electron chi connectivity index (χ4n) is 1.51. The Kier molecular flexibility index (Phi) is 3.53. The van der Waals surface area contributed by atoms with Crippen molar-refractivity contribution in [2.24, 2.45) is 5.73 Å². The molecule has 18 heavy (non-hydrogen) atoms. The molecule has 0 heterocycles. The summed E-state index contributed by atoms with van der Waals surface area (Å²) in [5.41, 5.74) is 5.53. The fourth-order valence-corrected chi connectivity index (χ4v) is 1.51. The van der Waals surface area contributed by atoms with Crippen molar-refractivity contribution in [1.82, 2.24) is 0 Å². The van der Waals surface area contributed by atoms with Crippen LogP contribution in [0.4, 0.5) is 13.2 Å². The van der Waals surface area contributed by atoms with Crippen LogP contribution >= 0.6 is 0 Å². The Balaban J connectivity index is 2.37. The molecule has 0 saturated carbocycles. The van der Waals surface area contributed by atoms with Gasteiger partial charge >= 0.3 is 0 Å². The van der Waals surface area contributed by atoms with E-state index >= 15 is 0 Å². The summed E-state index contributed by atoms with van der Waals surface area (Å²) in [6.45, 7) is -0.0786. The Morgan fingerprint density at radius 1 is 0.944 bits per heavy atom. The topological polar surface area (TPSA) is 35.2 Å². The van der Waals surface area contributed by atoms with Crippen LogP contribution in [0.25, 0.3) is 0 Å². The van der Waals surface area contributed by atoms with Gasteiger partial charge < -0.3 is 10.5 Å². The van der Waals surface area contributed by atoms with E-state index in [2.05, 4.69) is 0 Å². The smallest absolute Gasteiger partial charge is 0.168 e. The van der Waals surface area contributed by atoms with Crippen LogP contribution in [-0.4, -0.2) is 0 Å². The van der Waals surface area contributed by atoms with E-state index in [-0.39, 0.29) is 23.6 Å². The second kappa shape index (κ2) is 5.10. The van der Waals surface area contributed by atoms with E-state index < -0.39 is 17.5 Å². The molecule has 0 unspecified atom stereocenters. The zero-order valence-electron chi connectivity index (χ0n) is 9.29. The molecule has 0 aromatic heterocycles. The van der Waals surface area contributed by atoms with Crippen molar-refractivity contribution in [3.8, 4) is 11.5 Å². The first-order valence-corrected chi connectivity index (χ1v) is 5.22. The summed E-state index contributed by atoms with van der Waals surface area (Å²) in [5, 5.41) is 0. The molecule has 2 aromatic carbocycles. The molecular formula is C13H10F3NO. The average Bonchev–Trinajstić information content (AvgIpc) is 2.33. The van der Waals surface area contributed by atoms with E-state index in [0.29, 0.717) is 6.07 Å². The van der Waals surface area contributed by atoms with Gasteiger partial charge in [0, 0.05) is 18.2 Å². The molecule has 5 heteroatoms. The Hall–Kier alpha value is -2.01. The lowest BCUT2D eigenvalue weighted by atomic mass is 10.2. The first-order chi connectivity index (χ1) is 8.61. The van der Waals surface area contributed by atoms with Gasteiger partial charge in [-0.15, -0.1) is 0 Å². The predicted octanol–water partition coefficient (Wildman–Crippen LogP) is 3.35. The summed E-state index contributed by atoms with van der Waals surface area (Å²) >= 11 is 0. The van der Waals surface area contributed by atoms with Crippen LogP contribution in [0.5, 0.6) is 11.5 Å². The fraction of sp³-hybridized carbons (Fsp3) is 0.0769. The number of hydrogen-bond acceptors (Lipinski definition) is 2. The summed E-state index contributed by atoms with van der Waals surface area (Å²) in [4.78, 5) is 0. The van der Waals surface area contributed by atoms with Crippen molar-refractivity contribution >= 4 is 0 Å². The van der Waals surface area contributed by atoms with E-state index in [1.165, 1.54) is 18.2 Å². The zero-order chi connectivity index (χ0) is 13.1. The van der Waals surface area contributed by atoms with Crippen molar-refractivity contribution < 1.29 is 17.9 Å². The number of rotatable bonds is 3. The van der Waals surface area contributed by atoms with Gasteiger partial charge in [0.25, 0.3) is 0 Å². The Bertz CT molecular complexity index is 572. The molecule has 0 bridgehead atoms. The third kappa shape index (κ3) is 2.46. The highest BCUT2D eigenvalue weighted by Crippen LogP contribution is 2.28. The molecule has 0 aliphatic heterocycles. The van der Waals surface area contributed by atoms with Gasteiger partial charge in [-0.25, -0.2) is 13.2 Å². The van der Waals surface area contributed by atoms with Crippen molar-refractivity contribution in [2.45, 2.75) is 6.54 Å². The molecule has 0 radical (unpaired) electrons. The molecule has 2 aromatic rings. The molecular weight excluding hydrogens is 243 g/mol. The third-order valence-electron chi connectivity index (χ3n) is 2.39. The second-order valence-corrected chi connectivity index (χ2v) is 3.60. The van der Waals surface area contributed by atoms with Gasteiger partial charge in [-0.05, 0) is 24.3 Å². The first kappa shape index (κ1) is 12.4. The number of ether oxygens (including phenoxy) is 1. The summed E-state index contributed by atoms with van der Waals surface area (Å²) < 4.78 is 44.7. The van der Waals surface area contributed by atoms with Gasteiger partial charge in [0.05, 0.1) is 0 Å². The molecule has 2 rings (SSSR count). The van der Waals surface area contributed by atoms with Crippen LogP contribution in [0, 0.1) is 17.5 Å². The van der Waals surface area contributed by atoms with Crippen LogP contribution in [0.3, 0.4) is 0 Å². The van der Waals surface area contributed by atoms with Gasteiger partial charge in [-0.2, -0.15) is 0 Å². The minimum atomic E-state index is -0.859. The average molecular weight is 253 g/mol. The zero-order valence-corrected chi connectivity index (χ0v) is 9.29. The summed E-state index contributed by atoms with van der Waals surface area (Å²) in [6.07, 6.45) is 0. The maximum Gasteiger partial charge on any atom is 0.168 e. The first-order valence-electron chi connectivity index (χ1n) is 5.22. The van der Waals surface area contributed by atoms with E-state index in [0.717, 1.165) is 12.1 Å². The molecule has 0 fully saturated rings. The third-order valence-corrected chi connectivity index (χ3v) is 2.39. The van der Waals surface area contributed by atoms with Gasteiger partial charge in [0.15, 0.2) is 11.6 Å². The summed E-state index contributed by atoms with van der Waals surface area (Å²) in [6, 6.07) is 7.00. The molecule has 0 atom stereocenters. The molecule has 0 saturated heterocycles. The number of halogens is 3. The lowest BCUT2D eigenvalue weighted by Crippen LogP contribution is -2.03. The van der Waals surface area contributed by atoms with Crippen molar-refractivity contribution in [3.63, 3.8) is 0 Å². The molecule has 0 aliphatic carbocycles. The standard InChI is InChI=1S/C13H10F3NO/c14-8-4-5-13(11(16)6-8)18-12-3-1-2-10(15)9(12)7-17/h1-6H,7,17H2. The van der Waals surface area contributed by atoms with Crippen LogP contribution in [0.15, 0.2) is 36.4 Å². The highest BCUT2D eigenvalue weighted by molar-refractivity contribution is 5.39. The highest BCUT2D eigenvalue weighted by Gasteiger charge is 2.11. The van der Waals surface area contributed by atoms with Crippen LogP contribution in [0.2, 0.25) is 0 Å². The second-order valence-electron chi connectivity index (χ2n) is 3.60. The van der Waals surface area contributed by atoms with Crippen molar-refractivity contribution in [2.75, 3.05) is 0 Å². The molecule has 2 N–H and O–H groups in total. The maximum absolute atomic E-state index is 13.4. The van der Waals surface area contributed by atoms with Crippen LogP contribution in [0.1, 0.15) is 5.56 Å². The molecule has 2 nitrogen and oxygen atoms in total. The largest absolute Gasteiger partial charge is 0.454 e. The minimum absolute atomic E-state index is 0.0786. The van der Waals surface area contributed by atoms with E-state index in [4.69, 9.17) is 10.5 Å². The van der Waals surface area contributed by atoms with Gasteiger partial charge in [-0.3, -0.25) is 0 Å². The normalized spacial score (nSPS) is 10.4. The van der Waals surface area contributed by atoms with Crippen molar-refractivity contribution in [1.29, 1.82) is 0 Å². The highest BCUT2D eigenvalue weighted by atomic mass is 19.1. The quantitative estimate of drug-likeness (QED) is 0.910. The number of benzene rings is 2. The number of hydrogen-bond donors (Lipinski definition) is 1. The SMILES string of the molecule is NCc1c(F)cccc1Oc1ccc(F)cc1F. The monoisotopic (exact) mass is 253 g/mol. The van der Waals surface area contributed by atoms with Crippen LogP contribution < -0.4 is 10.5 Å². The molecule has 0 amide bonds. The van der Waals surface area contributed by atoms with E-state index in [9.17, 15) is 13.2 Å². The lowest BCUT2D eigenvalue weighted by molar-refractivity contribution is 0.428. The van der Waals surface area contributed by atoms with Gasteiger partial charge in [-0.1, -0.05) is 6.07 Å². The van der Waals surface area contributed by atoms with Crippen molar-refractivity contribution in [3.05, 3.63) is 59.4 Å². The summed E-state index contributed by atoms with van der Waals surface area (Å²) in [7, 11) is 0. The van der Waals surface area contributed by atoms with Gasteiger partial charge in [0.1, 0.15) is 17.4 Å². The maximum atomic E-state index is 13.4. The Labute approximate surface area is 102 Å². The predicted molar refractivity (Wildman–Crippen MR) is 60.7 cm³/mol. The Morgan fingerprint density at radius 2 is 1.72 bits per heavy atom. The minimum Gasteiger partial charge on any atom is -0.454 e. The molecule has 94 valence electrons. The molecule has 0 spiro atoms. The van der Waals surface area contributed by atoms with Crippen LogP contribution in [-0.2, 0) is 6.54 Å². The molecule has 0 aliphatic rings. The van der Waals surface area contributed by atoms with E-state index in [1.54, 1.807) is 0 Å². The lowest BCUT2D eigenvalue weighted by Gasteiger charge is -2.11. The van der Waals surface area contributed by atoms with Gasteiger partial charge in [0.2, 0.25) is 0 Å².